The Labute approximate surface area is 181 Å². The van der Waals surface area contributed by atoms with E-state index in [0.29, 0.717) is 32.4 Å². The Morgan fingerprint density at radius 3 is 2.29 bits per heavy atom. The summed E-state index contributed by atoms with van der Waals surface area (Å²) in [6, 6.07) is -3.63. The predicted molar refractivity (Wildman–Crippen MR) is 111 cm³/mol. The first-order chi connectivity index (χ1) is 14.6. The molecule has 1 aliphatic rings. The van der Waals surface area contributed by atoms with E-state index in [1.54, 1.807) is 0 Å². The number of carboxylic acid groups (broad SMARTS) is 1. The average molecular weight is 443 g/mol. The van der Waals surface area contributed by atoms with Gasteiger partial charge in [0.05, 0.1) is 6.04 Å². The van der Waals surface area contributed by atoms with E-state index >= 15 is 0 Å². The molecule has 4 atom stereocenters. The molecule has 0 aromatic carbocycles. The van der Waals surface area contributed by atoms with Gasteiger partial charge in [0, 0.05) is 6.42 Å². The van der Waals surface area contributed by atoms with Gasteiger partial charge in [-0.3, -0.25) is 19.2 Å². The second kappa shape index (κ2) is 13.5. The maximum atomic E-state index is 12.6. The van der Waals surface area contributed by atoms with E-state index in [1.165, 1.54) is 6.92 Å². The Morgan fingerprint density at radius 1 is 1.03 bits per heavy atom. The number of unbranched alkanes of at least 4 members (excludes halogenated alkanes) is 1. The van der Waals surface area contributed by atoms with Crippen molar-refractivity contribution >= 4 is 29.6 Å². The molecule has 9 N–H and O–H groups in total. The summed E-state index contributed by atoms with van der Waals surface area (Å²) in [7, 11) is 0. The molecule has 31 heavy (non-hydrogen) atoms. The zero-order valence-electron chi connectivity index (χ0n) is 17.8. The van der Waals surface area contributed by atoms with Crippen LogP contribution in [-0.4, -0.2) is 72.0 Å². The van der Waals surface area contributed by atoms with Crippen molar-refractivity contribution in [3.8, 4) is 0 Å². The average Bonchev–Trinajstić information content (AvgIpc) is 3.24. The minimum Gasteiger partial charge on any atom is -0.480 e. The third-order valence-electron chi connectivity index (χ3n) is 5.00. The molecule has 0 spiro atoms. The SMILES string of the molecule is CC(NC(=O)C(CCC(N)=O)NC(=O)C1CCCN1)C(=O)NC(CCCCN)C(=O)O. The van der Waals surface area contributed by atoms with Crippen molar-refractivity contribution in [1.29, 1.82) is 0 Å². The molecule has 0 aromatic heterocycles. The highest BCUT2D eigenvalue weighted by Crippen LogP contribution is 2.07. The molecule has 1 heterocycles. The van der Waals surface area contributed by atoms with Gasteiger partial charge in [-0.15, -0.1) is 0 Å². The van der Waals surface area contributed by atoms with Gasteiger partial charge in [-0.25, -0.2) is 4.79 Å². The van der Waals surface area contributed by atoms with Gasteiger partial charge in [-0.05, 0) is 58.5 Å². The molecule has 4 unspecified atom stereocenters. The van der Waals surface area contributed by atoms with Gasteiger partial charge in [-0.2, -0.15) is 0 Å². The molecule has 0 aromatic rings. The lowest BCUT2D eigenvalue weighted by Crippen LogP contribution is -2.56. The van der Waals surface area contributed by atoms with Crippen LogP contribution in [0.1, 0.15) is 51.9 Å². The Hall–Kier alpha value is -2.73. The fourth-order valence-electron chi connectivity index (χ4n) is 3.16. The quantitative estimate of drug-likeness (QED) is 0.145. The Bertz CT molecular complexity index is 652. The lowest BCUT2D eigenvalue weighted by Gasteiger charge is -2.23. The van der Waals surface area contributed by atoms with Crippen LogP contribution in [0.15, 0.2) is 0 Å². The number of carboxylic acids is 1. The van der Waals surface area contributed by atoms with Crippen LogP contribution in [0.2, 0.25) is 0 Å². The molecule has 176 valence electrons. The summed E-state index contributed by atoms with van der Waals surface area (Å²) in [5.41, 5.74) is 10.5. The number of nitrogens with one attached hydrogen (secondary N) is 4. The molecule has 1 aliphatic heterocycles. The predicted octanol–water partition coefficient (Wildman–Crippen LogP) is -2.31. The smallest absolute Gasteiger partial charge is 0.326 e. The molecular formula is C19H34N6O6. The summed E-state index contributed by atoms with van der Waals surface area (Å²) in [5, 5.41) is 19.7. The largest absolute Gasteiger partial charge is 0.480 e. The first-order valence-electron chi connectivity index (χ1n) is 10.5. The molecule has 0 bridgehead atoms. The van der Waals surface area contributed by atoms with Gasteiger partial charge in [0.2, 0.25) is 23.6 Å². The van der Waals surface area contributed by atoms with Crippen molar-refractivity contribution in [2.24, 2.45) is 11.5 Å². The van der Waals surface area contributed by atoms with Crippen molar-refractivity contribution in [2.75, 3.05) is 13.1 Å². The molecule has 12 nitrogen and oxygen atoms in total. The van der Waals surface area contributed by atoms with Crippen LogP contribution in [0.4, 0.5) is 0 Å². The monoisotopic (exact) mass is 442 g/mol. The van der Waals surface area contributed by atoms with E-state index in [9.17, 15) is 29.1 Å². The lowest BCUT2D eigenvalue weighted by molar-refractivity contribution is -0.142. The number of carbonyl (C=O) groups is 5. The number of hydrogen-bond acceptors (Lipinski definition) is 7. The Balaban J connectivity index is 2.68. The number of primary amides is 1. The van der Waals surface area contributed by atoms with E-state index < -0.39 is 47.9 Å². The van der Waals surface area contributed by atoms with Crippen molar-refractivity contribution in [1.82, 2.24) is 21.3 Å². The van der Waals surface area contributed by atoms with Crippen molar-refractivity contribution in [3.05, 3.63) is 0 Å². The number of amides is 4. The number of rotatable bonds is 14. The van der Waals surface area contributed by atoms with Gasteiger partial charge < -0.3 is 37.8 Å². The van der Waals surface area contributed by atoms with Crippen LogP contribution >= 0.6 is 0 Å². The van der Waals surface area contributed by atoms with Gasteiger partial charge in [0.15, 0.2) is 0 Å². The molecule has 12 heteroatoms. The molecule has 1 rings (SSSR count). The molecule has 0 aliphatic carbocycles. The maximum absolute atomic E-state index is 12.6. The van der Waals surface area contributed by atoms with Crippen molar-refractivity contribution in [2.45, 2.75) is 76.0 Å². The zero-order chi connectivity index (χ0) is 23.4. The Morgan fingerprint density at radius 2 is 1.74 bits per heavy atom. The highest BCUT2D eigenvalue weighted by Gasteiger charge is 2.30. The van der Waals surface area contributed by atoms with Crippen LogP contribution in [0.3, 0.4) is 0 Å². The zero-order valence-corrected chi connectivity index (χ0v) is 17.8. The van der Waals surface area contributed by atoms with Gasteiger partial charge >= 0.3 is 5.97 Å². The summed E-state index contributed by atoms with van der Waals surface area (Å²) < 4.78 is 0. The van der Waals surface area contributed by atoms with Crippen LogP contribution in [-0.2, 0) is 24.0 Å². The fourth-order valence-corrected chi connectivity index (χ4v) is 3.16. The minimum absolute atomic E-state index is 0.0230. The second-order valence-corrected chi connectivity index (χ2v) is 7.63. The first kappa shape index (κ1) is 26.3. The van der Waals surface area contributed by atoms with Gasteiger partial charge in [0.1, 0.15) is 18.1 Å². The molecule has 1 saturated heterocycles. The molecule has 0 radical (unpaired) electrons. The standard InChI is InChI=1S/C19H34N6O6/c1-11(16(27)25-14(19(30)31)5-2-3-9-20)23-18(29)13(7-8-15(21)26)24-17(28)12-6-4-10-22-12/h11-14,22H,2-10,20H2,1H3,(H2,21,26)(H,23,29)(H,24,28)(H,25,27)(H,30,31). The fraction of sp³-hybridized carbons (Fsp3) is 0.737. The summed E-state index contributed by atoms with van der Waals surface area (Å²) in [6.45, 7) is 2.52. The van der Waals surface area contributed by atoms with Crippen molar-refractivity contribution < 1.29 is 29.1 Å². The number of carbonyl (C=O) groups excluding carboxylic acids is 4. The van der Waals surface area contributed by atoms with Gasteiger partial charge in [-0.1, -0.05) is 0 Å². The van der Waals surface area contributed by atoms with E-state index in [1.807, 2.05) is 0 Å². The Kier molecular flexibility index (Phi) is 11.5. The number of hydrogen-bond donors (Lipinski definition) is 7. The molecule has 4 amide bonds. The van der Waals surface area contributed by atoms with Crippen LogP contribution in [0.5, 0.6) is 0 Å². The van der Waals surface area contributed by atoms with Crippen LogP contribution in [0, 0.1) is 0 Å². The van der Waals surface area contributed by atoms with E-state index in [4.69, 9.17) is 11.5 Å². The van der Waals surface area contributed by atoms with Gasteiger partial charge in [0.25, 0.3) is 0 Å². The summed E-state index contributed by atoms with van der Waals surface area (Å²) in [6.07, 6.45) is 2.70. The second-order valence-electron chi connectivity index (χ2n) is 7.63. The summed E-state index contributed by atoms with van der Waals surface area (Å²) in [4.78, 5) is 59.8. The van der Waals surface area contributed by atoms with E-state index in [0.717, 1.165) is 6.42 Å². The lowest BCUT2D eigenvalue weighted by atomic mass is 10.1. The van der Waals surface area contributed by atoms with Crippen LogP contribution in [0.25, 0.3) is 0 Å². The van der Waals surface area contributed by atoms with Crippen molar-refractivity contribution in [3.63, 3.8) is 0 Å². The molecule has 1 fully saturated rings. The highest BCUT2D eigenvalue weighted by atomic mass is 16.4. The third kappa shape index (κ3) is 9.75. The molecular weight excluding hydrogens is 408 g/mol. The number of nitrogens with two attached hydrogens (primary N) is 2. The third-order valence-corrected chi connectivity index (χ3v) is 5.00. The minimum atomic E-state index is -1.18. The normalized spacial score (nSPS) is 18.5. The topological polar surface area (TPSA) is 206 Å². The van der Waals surface area contributed by atoms with Crippen LogP contribution < -0.4 is 32.7 Å². The summed E-state index contributed by atoms with van der Waals surface area (Å²) >= 11 is 0. The van der Waals surface area contributed by atoms with E-state index in [2.05, 4.69) is 21.3 Å². The highest BCUT2D eigenvalue weighted by molar-refractivity contribution is 5.94. The van der Waals surface area contributed by atoms with E-state index in [-0.39, 0.29) is 25.2 Å². The number of aliphatic carboxylic acids is 1. The maximum Gasteiger partial charge on any atom is 0.326 e. The molecule has 0 saturated carbocycles. The summed E-state index contributed by atoms with van der Waals surface area (Å²) in [5.74, 6) is -3.51. The first-order valence-corrected chi connectivity index (χ1v) is 10.5.